The smallest absolute Gasteiger partial charge is 0.232 e. The topological polar surface area (TPSA) is 116 Å². The average molecular weight is 574 g/mol. The molecule has 1 aliphatic rings. The zero-order chi connectivity index (χ0) is 29.7. The van der Waals surface area contributed by atoms with Gasteiger partial charge in [-0.1, -0.05) is 37.6 Å². The number of methoxy groups -OCH3 is 3. The number of rotatable bonds is 9. The van der Waals surface area contributed by atoms with Crippen LogP contribution in [-0.2, 0) is 9.53 Å². The highest BCUT2D eigenvalue weighted by Crippen LogP contribution is 2.44. The Morgan fingerprint density at radius 2 is 1.61 bits per heavy atom. The summed E-state index contributed by atoms with van der Waals surface area (Å²) >= 11 is 6.03. The van der Waals surface area contributed by atoms with Crippen molar-refractivity contribution in [3.63, 3.8) is 0 Å². The summed E-state index contributed by atoms with van der Waals surface area (Å²) in [6.07, 6.45) is 1.82. The fourth-order valence-corrected chi connectivity index (χ4v) is 4.99. The van der Waals surface area contributed by atoms with E-state index in [1.807, 2.05) is 44.2 Å². The number of nitrogens with one attached hydrogen (secondary N) is 1. The summed E-state index contributed by atoms with van der Waals surface area (Å²) in [6, 6.07) is 20.3. The van der Waals surface area contributed by atoms with Crippen molar-refractivity contribution >= 4 is 29.0 Å². The standard InChI is InChI=1S/C32H32ClN3O5/c1-18(2)29(20-6-10-22(33)11-7-20)32(37)36-23-12-8-19(9-13-23)26-16-24(25(17-34)31(35)41-26)21-14-27(38-3)30(40-5)28(15-21)39-4/h6-16,18,24,29H,35H2,1-5H3,(H,36,37). The lowest BCUT2D eigenvalue weighted by Gasteiger charge is -2.24. The van der Waals surface area contributed by atoms with Crippen LogP contribution in [0.4, 0.5) is 5.69 Å². The summed E-state index contributed by atoms with van der Waals surface area (Å²) in [7, 11) is 4.58. The van der Waals surface area contributed by atoms with Gasteiger partial charge in [0.05, 0.1) is 27.2 Å². The third-order valence-corrected chi connectivity index (χ3v) is 7.15. The van der Waals surface area contributed by atoms with Gasteiger partial charge >= 0.3 is 0 Å². The monoisotopic (exact) mass is 573 g/mol. The number of carbonyl (C=O) groups is 1. The van der Waals surface area contributed by atoms with Crippen molar-refractivity contribution in [3.05, 3.63) is 99.9 Å². The minimum atomic E-state index is -0.525. The lowest BCUT2D eigenvalue weighted by atomic mass is 9.87. The first kappa shape index (κ1) is 29.4. The zero-order valence-corrected chi connectivity index (χ0v) is 24.3. The summed E-state index contributed by atoms with van der Waals surface area (Å²) in [6.45, 7) is 4.01. The first-order valence-corrected chi connectivity index (χ1v) is 13.3. The molecule has 2 unspecified atom stereocenters. The second kappa shape index (κ2) is 12.7. The molecule has 0 radical (unpaired) electrons. The number of hydrogen-bond acceptors (Lipinski definition) is 7. The summed E-state index contributed by atoms with van der Waals surface area (Å²) in [5.74, 6) is 0.925. The second-order valence-electron chi connectivity index (χ2n) is 9.80. The number of nitrogens with zero attached hydrogens (tertiary/aromatic N) is 1. The highest BCUT2D eigenvalue weighted by molar-refractivity contribution is 6.30. The van der Waals surface area contributed by atoms with Crippen LogP contribution in [0.2, 0.25) is 5.02 Å². The van der Waals surface area contributed by atoms with E-state index < -0.39 is 5.92 Å². The van der Waals surface area contributed by atoms with Gasteiger partial charge < -0.3 is 30.0 Å². The Balaban J connectivity index is 1.62. The van der Waals surface area contributed by atoms with Crippen LogP contribution in [0, 0.1) is 17.2 Å². The Morgan fingerprint density at radius 3 is 2.12 bits per heavy atom. The Kier molecular flexibility index (Phi) is 9.10. The molecule has 0 saturated carbocycles. The van der Waals surface area contributed by atoms with Crippen LogP contribution < -0.4 is 25.3 Å². The van der Waals surface area contributed by atoms with Crippen molar-refractivity contribution in [2.45, 2.75) is 25.7 Å². The van der Waals surface area contributed by atoms with Gasteiger partial charge in [0.25, 0.3) is 0 Å². The molecule has 9 heteroatoms. The van der Waals surface area contributed by atoms with E-state index in [9.17, 15) is 10.1 Å². The first-order valence-electron chi connectivity index (χ1n) is 13.0. The molecule has 3 N–H and O–H groups in total. The summed E-state index contributed by atoms with van der Waals surface area (Å²) in [4.78, 5) is 13.2. The SMILES string of the molecule is COc1cc(C2C=C(c3ccc(NC(=O)C(c4ccc(Cl)cc4)C(C)C)cc3)OC(N)=C2C#N)cc(OC)c1OC. The van der Waals surface area contributed by atoms with E-state index in [2.05, 4.69) is 11.4 Å². The van der Waals surface area contributed by atoms with E-state index in [1.54, 1.807) is 36.4 Å². The van der Waals surface area contributed by atoms with E-state index >= 15 is 0 Å². The number of hydrogen-bond donors (Lipinski definition) is 2. The van der Waals surface area contributed by atoms with Crippen LogP contribution in [0.1, 0.15) is 42.4 Å². The molecule has 3 aromatic rings. The van der Waals surface area contributed by atoms with Crippen LogP contribution in [0.3, 0.4) is 0 Å². The normalized spacial score (nSPS) is 15.4. The minimum absolute atomic E-state index is 0.00358. The molecule has 3 aromatic carbocycles. The molecule has 1 amide bonds. The zero-order valence-electron chi connectivity index (χ0n) is 23.5. The van der Waals surface area contributed by atoms with Crippen LogP contribution in [-0.4, -0.2) is 27.2 Å². The molecule has 0 aromatic heterocycles. The van der Waals surface area contributed by atoms with Crippen molar-refractivity contribution in [3.8, 4) is 23.3 Å². The van der Waals surface area contributed by atoms with Gasteiger partial charge in [0.15, 0.2) is 11.5 Å². The maximum absolute atomic E-state index is 13.2. The Bertz CT molecular complexity index is 1500. The van der Waals surface area contributed by atoms with Crippen molar-refractivity contribution < 1.29 is 23.7 Å². The van der Waals surface area contributed by atoms with Crippen molar-refractivity contribution in [1.82, 2.24) is 0 Å². The van der Waals surface area contributed by atoms with Gasteiger partial charge in [-0.15, -0.1) is 0 Å². The molecule has 0 saturated heterocycles. The summed E-state index contributed by atoms with van der Waals surface area (Å²) in [5.41, 5.74) is 9.43. The quantitative estimate of drug-likeness (QED) is 0.296. The van der Waals surface area contributed by atoms with Crippen molar-refractivity contribution in [2.75, 3.05) is 26.6 Å². The molecular formula is C32H32ClN3O5. The van der Waals surface area contributed by atoms with Crippen LogP contribution in [0.5, 0.6) is 17.2 Å². The van der Waals surface area contributed by atoms with Crippen molar-refractivity contribution in [2.24, 2.45) is 11.7 Å². The Morgan fingerprint density at radius 1 is 1.00 bits per heavy atom. The number of ether oxygens (including phenoxy) is 4. The predicted molar refractivity (Wildman–Crippen MR) is 159 cm³/mol. The molecule has 212 valence electrons. The molecule has 8 nitrogen and oxygen atoms in total. The second-order valence-corrected chi connectivity index (χ2v) is 10.2. The van der Waals surface area contributed by atoms with E-state index in [0.29, 0.717) is 39.3 Å². The first-order chi connectivity index (χ1) is 19.7. The minimum Gasteiger partial charge on any atom is -0.493 e. The van der Waals surface area contributed by atoms with Gasteiger partial charge in [0, 0.05) is 22.2 Å². The fourth-order valence-electron chi connectivity index (χ4n) is 4.87. The number of allylic oxidation sites excluding steroid dienone is 2. The highest BCUT2D eigenvalue weighted by atomic mass is 35.5. The van der Waals surface area contributed by atoms with E-state index in [1.165, 1.54) is 21.3 Å². The van der Waals surface area contributed by atoms with Gasteiger partial charge in [-0.2, -0.15) is 5.26 Å². The number of amides is 1. The summed E-state index contributed by atoms with van der Waals surface area (Å²) < 4.78 is 22.3. The van der Waals surface area contributed by atoms with Crippen LogP contribution >= 0.6 is 11.6 Å². The molecule has 1 aliphatic heterocycles. The number of benzene rings is 3. The van der Waals surface area contributed by atoms with E-state index in [4.69, 9.17) is 36.3 Å². The van der Waals surface area contributed by atoms with Gasteiger partial charge in [-0.3, -0.25) is 4.79 Å². The van der Waals surface area contributed by atoms with E-state index in [-0.39, 0.29) is 29.2 Å². The maximum Gasteiger partial charge on any atom is 0.232 e. The fraction of sp³-hybridized carbons (Fsp3) is 0.250. The van der Waals surface area contributed by atoms with Crippen molar-refractivity contribution in [1.29, 1.82) is 5.26 Å². The largest absolute Gasteiger partial charge is 0.493 e. The molecule has 0 bridgehead atoms. The van der Waals surface area contributed by atoms with Gasteiger partial charge in [-0.05, 0) is 71.7 Å². The Labute approximate surface area is 244 Å². The maximum atomic E-state index is 13.2. The van der Waals surface area contributed by atoms with Crippen LogP contribution in [0.15, 0.2) is 78.2 Å². The number of nitriles is 1. The predicted octanol–water partition coefficient (Wildman–Crippen LogP) is 6.59. The number of halogens is 1. The number of nitrogens with two attached hydrogens (primary N) is 1. The molecule has 1 heterocycles. The van der Waals surface area contributed by atoms with Gasteiger partial charge in [-0.25, -0.2) is 0 Å². The lowest BCUT2D eigenvalue weighted by Crippen LogP contribution is -2.25. The molecule has 2 atom stereocenters. The average Bonchev–Trinajstić information content (AvgIpc) is 2.97. The third kappa shape index (κ3) is 6.26. The molecule has 41 heavy (non-hydrogen) atoms. The molecule has 4 rings (SSSR count). The van der Waals surface area contributed by atoms with Gasteiger partial charge in [0.1, 0.15) is 17.4 Å². The third-order valence-electron chi connectivity index (χ3n) is 6.90. The van der Waals surface area contributed by atoms with Crippen LogP contribution in [0.25, 0.3) is 5.76 Å². The molecule has 0 spiro atoms. The summed E-state index contributed by atoms with van der Waals surface area (Å²) in [5, 5.41) is 13.5. The molecule has 0 aliphatic carbocycles. The Hall–Kier alpha value is -4.61. The van der Waals surface area contributed by atoms with Gasteiger partial charge in [0.2, 0.25) is 17.5 Å². The lowest BCUT2D eigenvalue weighted by molar-refractivity contribution is -0.118. The highest BCUT2D eigenvalue weighted by Gasteiger charge is 2.29. The number of anilines is 1. The van der Waals surface area contributed by atoms with E-state index in [0.717, 1.165) is 11.1 Å². The molecular weight excluding hydrogens is 542 g/mol. The number of carbonyl (C=O) groups excluding carboxylic acids is 1. The molecule has 0 fully saturated rings.